The summed E-state index contributed by atoms with van der Waals surface area (Å²) in [5.41, 5.74) is 0. The molecule has 2 nitrogen and oxygen atoms in total. The predicted molar refractivity (Wildman–Crippen MR) is 33.1 cm³/mol. The molecule has 1 heterocycles. The van der Waals surface area contributed by atoms with E-state index in [2.05, 4.69) is 0 Å². The topological polar surface area (TPSA) is 37.3 Å². The summed E-state index contributed by atoms with van der Waals surface area (Å²) >= 11 is 0. The molecule has 48 valence electrons. The highest BCUT2D eigenvalue weighted by Gasteiger charge is 2.14. The molecule has 0 saturated carbocycles. The van der Waals surface area contributed by atoms with Gasteiger partial charge in [-0.1, -0.05) is 0 Å². The van der Waals surface area contributed by atoms with E-state index in [9.17, 15) is 4.21 Å². The van der Waals surface area contributed by atoms with Gasteiger partial charge in [-0.05, 0) is 12.8 Å². The van der Waals surface area contributed by atoms with Gasteiger partial charge in [-0.15, -0.1) is 0 Å². The van der Waals surface area contributed by atoms with Crippen LogP contribution in [0.25, 0.3) is 0 Å². The van der Waals surface area contributed by atoms with Crippen molar-refractivity contribution in [1.82, 2.24) is 0 Å². The molecule has 0 aromatic carbocycles. The first-order chi connectivity index (χ1) is 3.79. The van der Waals surface area contributed by atoms with Crippen LogP contribution in [0.5, 0.6) is 0 Å². The van der Waals surface area contributed by atoms with Gasteiger partial charge in [-0.2, -0.15) is 0 Å². The van der Waals surface area contributed by atoms with Gasteiger partial charge in [0.25, 0.3) is 0 Å². The summed E-state index contributed by atoms with van der Waals surface area (Å²) in [7, 11) is -0.720. The van der Waals surface area contributed by atoms with Gasteiger partial charge in [0, 0.05) is 22.3 Å². The number of hydrogen-bond donors (Lipinski definition) is 1. The minimum Gasteiger partial charge on any atom is -0.392 e. The van der Waals surface area contributed by atoms with Crippen molar-refractivity contribution in [1.29, 1.82) is 0 Å². The summed E-state index contributed by atoms with van der Waals surface area (Å²) in [4.78, 5) is 0. The van der Waals surface area contributed by atoms with E-state index in [1.807, 2.05) is 0 Å². The Hall–Kier alpha value is 0.110. The summed E-state index contributed by atoms with van der Waals surface area (Å²) in [5, 5.41) is 8.89. The molecule has 0 spiro atoms. The molecule has 0 aliphatic carbocycles. The third-order valence-corrected chi connectivity index (χ3v) is 2.79. The van der Waals surface area contributed by atoms with E-state index in [1.165, 1.54) is 0 Å². The molecule has 3 heteroatoms. The highest BCUT2D eigenvalue weighted by Crippen LogP contribution is 2.07. The van der Waals surface area contributed by atoms with Gasteiger partial charge >= 0.3 is 0 Å². The normalized spacial score (nSPS) is 39.6. The van der Waals surface area contributed by atoms with Crippen LogP contribution in [0.4, 0.5) is 0 Å². The Bertz CT molecular complexity index is 103. The van der Waals surface area contributed by atoms with E-state index in [-0.39, 0.29) is 6.10 Å². The molecule has 1 saturated heterocycles. The molecule has 2 unspecified atom stereocenters. The van der Waals surface area contributed by atoms with Crippen LogP contribution in [-0.4, -0.2) is 26.9 Å². The van der Waals surface area contributed by atoms with Crippen molar-refractivity contribution in [3.05, 3.63) is 0 Å². The molecule has 8 heavy (non-hydrogen) atoms. The fourth-order valence-electron chi connectivity index (χ4n) is 0.861. The third kappa shape index (κ3) is 1.56. The molecule has 1 aliphatic heterocycles. The number of rotatable bonds is 0. The van der Waals surface area contributed by atoms with Gasteiger partial charge in [-0.3, -0.25) is 4.21 Å². The second kappa shape index (κ2) is 2.60. The smallest absolute Gasteiger partial charge is 0.0655 e. The van der Waals surface area contributed by atoms with Crippen molar-refractivity contribution in [2.24, 2.45) is 0 Å². The molecule has 1 fully saturated rings. The standard InChI is InChI=1S/C5H10O2S/c6-5-2-1-3-8(7)4-5/h5-6H,1-4H2. The second-order valence-electron chi connectivity index (χ2n) is 2.11. The SMILES string of the molecule is O=S1CCCC(O)C1. The average molecular weight is 134 g/mol. The molecule has 1 N–H and O–H groups in total. The third-order valence-electron chi connectivity index (χ3n) is 1.29. The molecule has 1 aliphatic rings. The van der Waals surface area contributed by atoms with Gasteiger partial charge in [0.2, 0.25) is 0 Å². The predicted octanol–water partition coefficient (Wildman–Crippen LogP) is -0.110. The lowest BCUT2D eigenvalue weighted by molar-refractivity contribution is 0.183. The van der Waals surface area contributed by atoms with Crippen molar-refractivity contribution in [3.63, 3.8) is 0 Å². The maximum Gasteiger partial charge on any atom is 0.0655 e. The lowest BCUT2D eigenvalue weighted by Crippen LogP contribution is -2.24. The summed E-state index contributed by atoms with van der Waals surface area (Å²) in [6.07, 6.45) is 1.48. The summed E-state index contributed by atoms with van der Waals surface area (Å²) in [6.45, 7) is 0. The zero-order valence-electron chi connectivity index (χ0n) is 4.67. The molecule has 2 atom stereocenters. The monoisotopic (exact) mass is 134 g/mol. The first-order valence-corrected chi connectivity index (χ1v) is 4.31. The maximum atomic E-state index is 10.6. The van der Waals surface area contributed by atoms with Gasteiger partial charge in [0.1, 0.15) is 0 Å². The molecular formula is C5H10O2S. The van der Waals surface area contributed by atoms with E-state index in [0.717, 1.165) is 18.6 Å². The van der Waals surface area contributed by atoms with Crippen LogP contribution >= 0.6 is 0 Å². The first-order valence-electron chi connectivity index (χ1n) is 2.82. The Morgan fingerprint density at radius 3 is 2.75 bits per heavy atom. The molecule has 0 bridgehead atoms. The van der Waals surface area contributed by atoms with Gasteiger partial charge in [0.15, 0.2) is 0 Å². The van der Waals surface area contributed by atoms with Crippen LogP contribution in [0.2, 0.25) is 0 Å². The van der Waals surface area contributed by atoms with Crippen molar-refractivity contribution >= 4 is 10.8 Å². The highest BCUT2D eigenvalue weighted by molar-refractivity contribution is 7.85. The van der Waals surface area contributed by atoms with E-state index >= 15 is 0 Å². The number of aliphatic hydroxyl groups is 1. The Balaban J connectivity index is 2.34. The van der Waals surface area contributed by atoms with E-state index in [4.69, 9.17) is 5.11 Å². The quantitative estimate of drug-likeness (QED) is 0.502. The zero-order valence-corrected chi connectivity index (χ0v) is 5.49. The van der Waals surface area contributed by atoms with Crippen LogP contribution in [0.15, 0.2) is 0 Å². The fraction of sp³-hybridized carbons (Fsp3) is 1.00. The van der Waals surface area contributed by atoms with Crippen LogP contribution in [0, 0.1) is 0 Å². The highest BCUT2D eigenvalue weighted by atomic mass is 32.2. The van der Waals surface area contributed by atoms with E-state index in [1.54, 1.807) is 0 Å². The average Bonchev–Trinajstić information content (AvgIpc) is 1.64. The number of aliphatic hydroxyl groups excluding tert-OH is 1. The van der Waals surface area contributed by atoms with Crippen molar-refractivity contribution in [2.45, 2.75) is 18.9 Å². The van der Waals surface area contributed by atoms with Crippen LogP contribution in [0.1, 0.15) is 12.8 Å². The minimum atomic E-state index is -0.720. The van der Waals surface area contributed by atoms with Gasteiger partial charge in [0.05, 0.1) is 6.10 Å². The van der Waals surface area contributed by atoms with Gasteiger partial charge in [-0.25, -0.2) is 0 Å². The molecule has 0 amide bonds. The van der Waals surface area contributed by atoms with Crippen LogP contribution in [0.3, 0.4) is 0 Å². The summed E-state index contributed by atoms with van der Waals surface area (Å²) in [6, 6.07) is 0. The zero-order chi connectivity index (χ0) is 5.98. The lowest BCUT2D eigenvalue weighted by atomic mass is 10.2. The lowest BCUT2D eigenvalue weighted by Gasteiger charge is -2.14. The molecule has 0 aromatic heterocycles. The summed E-state index contributed by atoms with van der Waals surface area (Å²) < 4.78 is 10.6. The molecule has 1 rings (SSSR count). The Labute approximate surface area is 51.4 Å². The maximum absolute atomic E-state index is 10.6. The molecule has 0 aromatic rings. The van der Waals surface area contributed by atoms with Gasteiger partial charge < -0.3 is 5.11 Å². The second-order valence-corrected chi connectivity index (χ2v) is 3.73. The van der Waals surface area contributed by atoms with Crippen LogP contribution in [-0.2, 0) is 10.8 Å². The largest absolute Gasteiger partial charge is 0.392 e. The first kappa shape index (κ1) is 6.23. The number of hydrogen-bond acceptors (Lipinski definition) is 2. The molecular weight excluding hydrogens is 124 g/mol. The van der Waals surface area contributed by atoms with Crippen molar-refractivity contribution < 1.29 is 9.32 Å². The fourth-order valence-corrected chi connectivity index (χ4v) is 2.11. The Morgan fingerprint density at radius 1 is 1.62 bits per heavy atom. The Kier molecular flexibility index (Phi) is 2.02. The van der Waals surface area contributed by atoms with Crippen LogP contribution < -0.4 is 0 Å². The van der Waals surface area contributed by atoms with Crippen molar-refractivity contribution in [3.8, 4) is 0 Å². The summed E-state index contributed by atoms with van der Waals surface area (Å²) in [5.74, 6) is 1.29. The van der Waals surface area contributed by atoms with E-state index in [0.29, 0.717) is 5.75 Å². The Morgan fingerprint density at radius 2 is 2.38 bits per heavy atom. The minimum absolute atomic E-state index is 0.287. The van der Waals surface area contributed by atoms with Crippen molar-refractivity contribution in [2.75, 3.05) is 11.5 Å². The molecule has 0 radical (unpaired) electrons. The van der Waals surface area contributed by atoms with E-state index < -0.39 is 10.8 Å².